The van der Waals surface area contributed by atoms with Crippen LogP contribution in [0.1, 0.15) is 5.69 Å². The van der Waals surface area contributed by atoms with Crippen LogP contribution in [0.25, 0.3) is 11.0 Å². The van der Waals surface area contributed by atoms with E-state index in [4.69, 9.17) is 12.2 Å². The number of hydrogen-bond acceptors (Lipinski definition) is 2. The van der Waals surface area contributed by atoms with Crippen LogP contribution in [-0.4, -0.2) is 9.55 Å². The van der Waals surface area contributed by atoms with Crippen molar-refractivity contribution in [3.63, 3.8) is 0 Å². The Bertz CT molecular complexity index is 569. The van der Waals surface area contributed by atoms with Gasteiger partial charge in [-0.1, -0.05) is 30.4 Å². The Balaban J connectivity index is 2.88. The van der Waals surface area contributed by atoms with Gasteiger partial charge in [0.1, 0.15) is 4.64 Å². The number of hydrogen-bond donors (Lipinski definition) is 0. The highest BCUT2D eigenvalue weighted by molar-refractivity contribution is 7.71. The van der Waals surface area contributed by atoms with Gasteiger partial charge >= 0.3 is 0 Å². The Kier molecular flexibility index (Phi) is 2.64. The number of aryl methyl sites for hydroxylation is 1. The average Bonchev–Trinajstić information content (AvgIpc) is 2.25. The van der Waals surface area contributed by atoms with Crippen LogP contribution < -0.4 is 0 Å². The van der Waals surface area contributed by atoms with Crippen LogP contribution >= 0.6 is 12.2 Å². The molecule has 0 saturated carbocycles. The lowest BCUT2D eigenvalue weighted by atomic mass is 10.3. The van der Waals surface area contributed by atoms with Gasteiger partial charge in [0.2, 0.25) is 0 Å². The number of nitrogens with zero attached hydrogens (tertiary/aromatic N) is 2. The van der Waals surface area contributed by atoms with Crippen LogP contribution in [-0.2, 0) is 6.54 Å². The lowest BCUT2D eigenvalue weighted by Crippen LogP contribution is -2.03. The third-order valence-corrected chi connectivity index (χ3v) is 2.84. The van der Waals surface area contributed by atoms with Gasteiger partial charge in [0.25, 0.3) is 0 Å². The fourth-order valence-electron chi connectivity index (χ4n) is 1.63. The first kappa shape index (κ1) is 10.1. The van der Waals surface area contributed by atoms with Crippen LogP contribution in [0.15, 0.2) is 36.9 Å². The largest absolute Gasteiger partial charge is 0.325 e. The van der Waals surface area contributed by atoms with E-state index in [1.807, 2.05) is 37.3 Å². The lowest BCUT2D eigenvalue weighted by molar-refractivity contribution is 0.821. The van der Waals surface area contributed by atoms with Crippen LogP contribution in [0, 0.1) is 11.6 Å². The zero-order chi connectivity index (χ0) is 10.8. The Hall–Kier alpha value is -1.48. The normalized spacial score (nSPS) is 10.5. The number of allylic oxidation sites excluding steroid dienone is 1. The number of fused-ring (bicyclic) bond motifs is 1. The first-order chi connectivity index (χ1) is 7.24. The van der Waals surface area contributed by atoms with E-state index in [0.717, 1.165) is 27.9 Å². The van der Waals surface area contributed by atoms with Crippen LogP contribution in [0.3, 0.4) is 0 Å². The van der Waals surface area contributed by atoms with E-state index in [1.165, 1.54) is 0 Å². The molecule has 2 rings (SSSR count). The Labute approximate surface area is 93.9 Å². The smallest absolute Gasteiger partial charge is 0.128 e. The van der Waals surface area contributed by atoms with E-state index in [2.05, 4.69) is 16.1 Å². The molecule has 0 spiro atoms. The lowest BCUT2D eigenvalue weighted by Gasteiger charge is -2.10. The molecule has 0 aliphatic rings. The van der Waals surface area contributed by atoms with Crippen molar-refractivity contribution >= 4 is 23.3 Å². The molecule has 0 N–H and O–H groups in total. The highest BCUT2D eigenvalue weighted by Crippen LogP contribution is 2.14. The van der Waals surface area contributed by atoms with E-state index in [-0.39, 0.29) is 0 Å². The molecular weight excluding hydrogens is 204 g/mol. The summed E-state index contributed by atoms with van der Waals surface area (Å²) < 4.78 is 2.84. The van der Waals surface area contributed by atoms with Crippen LogP contribution in [0.2, 0.25) is 0 Å². The third-order valence-electron chi connectivity index (χ3n) is 2.33. The van der Waals surface area contributed by atoms with Crippen molar-refractivity contribution in [3.8, 4) is 0 Å². The average molecular weight is 216 g/mol. The molecule has 0 bridgehead atoms. The molecule has 0 fully saturated rings. The first-order valence-corrected chi connectivity index (χ1v) is 5.22. The summed E-state index contributed by atoms with van der Waals surface area (Å²) >= 11 is 5.34. The topological polar surface area (TPSA) is 17.8 Å². The summed E-state index contributed by atoms with van der Waals surface area (Å²) in [5.41, 5.74) is 2.93. The molecule has 0 aliphatic carbocycles. The minimum absolute atomic E-state index is 0.725. The molecule has 0 saturated heterocycles. The minimum Gasteiger partial charge on any atom is -0.325 e. The van der Waals surface area contributed by atoms with Crippen LogP contribution in [0.4, 0.5) is 0 Å². The molecule has 0 radical (unpaired) electrons. The summed E-state index contributed by atoms with van der Waals surface area (Å²) in [6, 6.07) is 8.00. The predicted molar refractivity (Wildman–Crippen MR) is 65.5 cm³/mol. The minimum atomic E-state index is 0.725. The second kappa shape index (κ2) is 3.95. The molecule has 1 aromatic heterocycles. The van der Waals surface area contributed by atoms with E-state index in [0.29, 0.717) is 0 Å². The number of aromatic nitrogens is 2. The van der Waals surface area contributed by atoms with Crippen molar-refractivity contribution in [1.82, 2.24) is 9.55 Å². The van der Waals surface area contributed by atoms with E-state index >= 15 is 0 Å². The Morgan fingerprint density at radius 2 is 2.20 bits per heavy atom. The van der Waals surface area contributed by atoms with Gasteiger partial charge in [0, 0.05) is 6.54 Å². The standard InChI is InChI=1S/C12H12N2S/c1-3-8-14-11-7-5-4-6-10(11)13-9(2)12(14)15/h3-7H,1,8H2,2H3. The third kappa shape index (κ3) is 1.70. The second-order valence-corrected chi connectivity index (χ2v) is 3.78. The fourth-order valence-corrected chi connectivity index (χ4v) is 1.85. The number of rotatable bonds is 2. The summed E-state index contributed by atoms with van der Waals surface area (Å²) in [5, 5.41) is 0. The number of benzene rings is 1. The van der Waals surface area contributed by atoms with Crippen molar-refractivity contribution in [2.45, 2.75) is 13.5 Å². The van der Waals surface area contributed by atoms with Gasteiger partial charge in [-0.2, -0.15) is 0 Å². The maximum atomic E-state index is 5.34. The summed E-state index contributed by atoms with van der Waals surface area (Å²) in [5.74, 6) is 0. The van der Waals surface area contributed by atoms with Crippen molar-refractivity contribution in [3.05, 3.63) is 47.3 Å². The van der Waals surface area contributed by atoms with Crippen molar-refractivity contribution in [1.29, 1.82) is 0 Å². The van der Waals surface area contributed by atoms with Gasteiger partial charge in [-0.3, -0.25) is 0 Å². The Morgan fingerprint density at radius 3 is 2.93 bits per heavy atom. The monoisotopic (exact) mass is 216 g/mol. The summed E-state index contributed by atoms with van der Waals surface area (Å²) in [6.45, 7) is 6.41. The molecule has 3 heteroatoms. The zero-order valence-corrected chi connectivity index (χ0v) is 9.42. The summed E-state index contributed by atoms with van der Waals surface area (Å²) in [7, 11) is 0. The highest BCUT2D eigenvalue weighted by Gasteiger charge is 2.02. The molecule has 15 heavy (non-hydrogen) atoms. The predicted octanol–water partition coefficient (Wildman–Crippen LogP) is 3.26. The molecule has 0 unspecified atom stereocenters. The summed E-state index contributed by atoms with van der Waals surface area (Å²) in [6.07, 6.45) is 1.85. The van der Waals surface area contributed by atoms with Gasteiger partial charge in [0.15, 0.2) is 0 Å². The molecule has 2 nitrogen and oxygen atoms in total. The van der Waals surface area contributed by atoms with E-state index in [9.17, 15) is 0 Å². The van der Waals surface area contributed by atoms with Crippen molar-refractivity contribution in [2.24, 2.45) is 0 Å². The van der Waals surface area contributed by atoms with E-state index < -0.39 is 0 Å². The maximum absolute atomic E-state index is 5.34. The van der Waals surface area contributed by atoms with Gasteiger partial charge in [-0.25, -0.2) is 4.98 Å². The molecule has 1 heterocycles. The quantitative estimate of drug-likeness (QED) is 0.566. The summed E-state index contributed by atoms with van der Waals surface area (Å²) in [4.78, 5) is 4.46. The van der Waals surface area contributed by atoms with Gasteiger partial charge in [-0.15, -0.1) is 6.58 Å². The van der Waals surface area contributed by atoms with E-state index in [1.54, 1.807) is 0 Å². The number of para-hydroxylation sites is 2. The molecule has 2 aromatic rings. The molecule has 0 atom stereocenters. The second-order valence-electron chi connectivity index (χ2n) is 3.39. The first-order valence-electron chi connectivity index (χ1n) is 4.81. The van der Waals surface area contributed by atoms with Gasteiger partial charge < -0.3 is 4.57 Å². The maximum Gasteiger partial charge on any atom is 0.128 e. The molecule has 0 amide bonds. The zero-order valence-electron chi connectivity index (χ0n) is 8.60. The Morgan fingerprint density at radius 1 is 1.47 bits per heavy atom. The SMILES string of the molecule is C=CCn1c(=S)c(C)nc2ccccc21. The molecule has 0 aliphatic heterocycles. The van der Waals surface area contributed by atoms with Crippen molar-refractivity contribution < 1.29 is 0 Å². The molecule has 76 valence electrons. The van der Waals surface area contributed by atoms with Crippen molar-refractivity contribution in [2.75, 3.05) is 0 Å². The fraction of sp³-hybridized carbons (Fsp3) is 0.167. The molecular formula is C12H12N2S. The van der Waals surface area contributed by atoms with Gasteiger partial charge in [0.05, 0.1) is 16.7 Å². The molecule has 1 aromatic carbocycles. The highest BCUT2D eigenvalue weighted by atomic mass is 32.1. The van der Waals surface area contributed by atoms with Crippen LogP contribution in [0.5, 0.6) is 0 Å². The van der Waals surface area contributed by atoms with Gasteiger partial charge in [-0.05, 0) is 19.1 Å².